The van der Waals surface area contributed by atoms with Gasteiger partial charge in [-0.15, -0.1) is 0 Å². The van der Waals surface area contributed by atoms with Gasteiger partial charge in [0.15, 0.2) is 0 Å². The SMILES string of the molecule is CCOC(=O)COCCN1CCOCC1C(=O)NC. The maximum Gasteiger partial charge on any atom is 0.332 e. The molecule has 1 atom stereocenters. The molecule has 7 nitrogen and oxygen atoms in total. The summed E-state index contributed by atoms with van der Waals surface area (Å²) in [5.74, 6) is -0.433. The second kappa shape index (κ2) is 8.84. The van der Waals surface area contributed by atoms with Crippen molar-refractivity contribution in [2.45, 2.75) is 13.0 Å². The van der Waals surface area contributed by atoms with Gasteiger partial charge in [-0.1, -0.05) is 0 Å². The topological polar surface area (TPSA) is 77.1 Å². The van der Waals surface area contributed by atoms with Gasteiger partial charge >= 0.3 is 5.97 Å². The molecular formula is C12H22N2O5. The summed E-state index contributed by atoms with van der Waals surface area (Å²) in [5, 5.41) is 2.61. The van der Waals surface area contributed by atoms with Crippen LogP contribution in [0, 0.1) is 0 Å². The van der Waals surface area contributed by atoms with Crippen LogP contribution in [0.5, 0.6) is 0 Å². The Labute approximate surface area is 113 Å². The van der Waals surface area contributed by atoms with E-state index in [1.807, 2.05) is 4.90 Å². The predicted octanol–water partition coefficient (Wildman–Crippen LogP) is -0.987. The first kappa shape index (κ1) is 15.9. The van der Waals surface area contributed by atoms with Crippen LogP contribution in [0.1, 0.15) is 6.92 Å². The van der Waals surface area contributed by atoms with Gasteiger partial charge in [0.1, 0.15) is 12.6 Å². The third-order valence-electron chi connectivity index (χ3n) is 2.84. The lowest BCUT2D eigenvalue weighted by atomic mass is 10.2. The molecule has 110 valence electrons. The van der Waals surface area contributed by atoms with Gasteiger partial charge in [0.25, 0.3) is 0 Å². The highest BCUT2D eigenvalue weighted by Crippen LogP contribution is 2.06. The van der Waals surface area contributed by atoms with Crippen LogP contribution in [0.3, 0.4) is 0 Å². The Hall–Kier alpha value is -1.18. The number of morpholine rings is 1. The molecule has 0 radical (unpaired) electrons. The van der Waals surface area contributed by atoms with Gasteiger partial charge in [-0.25, -0.2) is 4.79 Å². The first-order chi connectivity index (χ1) is 9.19. The summed E-state index contributed by atoms with van der Waals surface area (Å²) in [6.45, 7) is 4.68. The Bertz CT molecular complexity index is 298. The van der Waals surface area contributed by atoms with Crippen LogP contribution < -0.4 is 5.32 Å². The molecular weight excluding hydrogens is 252 g/mol. The molecule has 0 aromatic carbocycles. The van der Waals surface area contributed by atoms with E-state index in [-0.39, 0.29) is 24.5 Å². The lowest BCUT2D eigenvalue weighted by Gasteiger charge is -2.33. The molecule has 1 amide bonds. The van der Waals surface area contributed by atoms with Crippen molar-refractivity contribution in [3.63, 3.8) is 0 Å². The van der Waals surface area contributed by atoms with Crippen molar-refractivity contribution < 1.29 is 23.8 Å². The van der Waals surface area contributed by atoms with E-state index in [0.717, 1.165) is 0 Å². The fourth-order valence-electron chi connectivity index (χ4n) is 1.85. The van der Waals surface area contributed by atoms with Gasteiger partial charge in [0.05, 0.1) is 26.4 Å². The molecule has 19 heavy (non-hydrogen) atoms. The summed E-state index contributed by atoms with van der Waals surface area (Å²) in [7, 11) is 1.60. The third-order valence-corrected chi connectivity index (χ3v) is 2.84. The van der Waals surface area contributed by atoms with Gasteiger partial charge in [-0.3, -0.25) is 9.69 Å². The molecule has 1 heterocycles. The molecule has 0 aromatic heterocycles. The van der Waals surface area contributed by atoms with E-state index < -0.39 is 0 Å². The summed E-state index contributed by atoms with van der Waals surface area (Å²) >= 11 is 0. The van der Waals surface area contributed by atoms with Crippen LogP contribution in [-0.4, -0.2) is 76.0 Å². The second-order valence-electron chi connectivity index (χ2n) is 4.10. The molecule has 1 unspecified atom stereocenters. The minimum Gasteiger partial charge on any atom is -0.464 e. The molecule has 0 spiro atoms. The Kier molecular flexibility index (Phi) is 7.39. The van der Waals surface area contributed by atoms with Crippen molar-refractivity contribution in [2.75, 3.05) is 53.2 Å². The molecule has 1 rings (SSSR count). The standard InChI is InChI=1S/C12H22N2O5/c1-3-19-11(15)9-18-7-5-14-4-6-17-8-10(14)12(16)13-2/h10H,3-9H2,1-2H3,(H,13,16). The third kappa shape index (κ3) is 5.54. The Morgan fingerprint density at radius 3 is 2.95 bits per heavy atom. The fourth-order valence-corrected chi connectivity index (χ4v) is 1.85. The van der Waals surface area contributed by atoms with Gasteiger partial charge in [-0.2, -0.15) is 0 Å². The Balaban J connectivity index is 2.25. The average Bonchev–Trinajstić information content (AvgIpc) is 2.43. The summed E-state index contributed by atoms with van der Waals surface area (Å²) in [4.78, 5) is 24.7. The summed E-state index contributed by atoms with van der Waals surface area (Å²) in [6.07, 6.45) is 0. The van der Waals surface area contributed by atoms with Crippen molar-refractivity contribution in [3.8, 4) is 0 Å². The highest BCUT2D eigenvalue weighted by atomic mass is 16.6. The maximum atomic E-state index is 11.7. The number of nitrogens with one attached hydrogen (secondary N) is 1. The minimum atomic E-state index is -0.368. The zero-order valence-electron chi connectivity index (χ0n) is 11.5. The van der Waals surface area contributed by atoms with Crippen LogP contribution in [0.15, 0.2) is 0 Å². The minimum absolute atomic E-state index is 0.0528. The van der Waals surface area contributed by atoms with E-state index in [9.17, 15) is 9.59 Å². The van der Waals surface area contributed by atoms with E-state index in [1.54, 1.807) is 14.0 Å². The Morgan fingerprint density at radius 2 is 2.26 bits per heavy atom. The Morgan fingerprint density at radius 1 is 1.47 bits per heavy atom. The van der Waals surface area contributed by atoms with E-state index in [4.69, 9.17) is 14.2 Å². The first-order valence-corrected chi connectivity index (χ1v) is 6.45. The zero-order chi connectivity index (χ0) is 14.1. The summed E-state index contributed by atoms with van der Waals surface area (Å²) in [5.41, 5.74) is 0. The largest absolute Gasteiger partial charge is 0.464 e. The normalized spacial score (nSPS) is 20.0. The van der Waals surface area contributed by atoms with Crippen molar-refractivity contribution in [2.24, 2.45) is 0 Å². The van der Waals surface area contributed by atoms with E-state index in [1.165, 1.54) is 0 Å². The molecule has 1 fully saturated rings. The number of rotatable bonds is 7. The van der Waals surface area contributed by atoms with E-state index in [2.05, 4.69) is 5.32 Å². The van der Waals surface area contributed by atoms with Gasteiger partial charge in [0, 0.05) is 20.1 Å². The molecule has 0 aliphatic carbocycles. The quantitative estimate of drug-likeness (QED) is 0.474. The number of esters is 1. The number of likely N-dealkylation sites (N-methyl/N-ethyl adjacent to an activating group) is 1. The summed E-state index contributed by atoms with van der Waals surface area (Å²) in [6, 6.07) is -0.287. The smallest absolute Gasteiger partial charge is 0.332 e. The molecule has 0 bridgehead atoms. The van der Waals surface area contributed by atoms with Crippen molar-refractivity contribution in [3.05, 3.63) is 0 Å². The van der Waals surface area contributed by atoms with Gasteiger partial charge in [-0.05, 0) is 6.92 Å². The molecule has 1 saturated heterocycles. The molecule has 1 aliphatic rings. The van der Waals surface area contributed by atoms with Crippen LogP contribution >= 0.6 is 0 Å². The lowest BCUT2D eigenvalue weighted by molar-refractivity contribution is -0.149. The van der Waals surface area contributed by atoms with E-state index in [0.29, 0.717) is 39.5 Å². The zero-order valence-corrected chi connectivity index (χ0v) is 11.5. The number of amides is 1. The molecule has 1 aliphatic heterocycles. The highest BCUT2D eigenvalue weighted by molar-refractivity contribution is 5.81. The van der Waals surface area contributed by atoms with Gasteiger partial charge in [0.2, 0.25) is 5.91 Å². The van der Waals surface area contributed by atoms with Crippen LogP contribution in [-0.2, 0) is 23.8 Å². The van der Waals surface area contributed by atoms with Crippen molar-refractivity contribution >= 4 is 11.9 Å². The number of carbonyl (C=O) groups excluding carboxylic acids is 2. The predicted molar refractivity (Wildman–Crippen MR) is 67.7 cm³/mol. The van der Waals surface area contributed by atoms with Gasteiger partial charge < -0.3 is 19.5 Å². The first-order valence-electron chi connectivity index (χ1n) is 6.45. The fraction of sp³-hybridized carbons (Fsp3) is 0.833. The molecule has 0 aromatic rings. The number of hydrogen-bond acceptors (Lipinski definition) is 6. The lowest BCUT2D eigenvalue weighted by Crippen LogP contribution is -2.54. The van der Waals surface area contributed by atoms with Crippen molar-refractivity contribution in [1.29, 1.82) is 0 Å². The van der Waals surface area contributed by atoms with E-state index >= 15 is 0 Å². The molecule has 0 saturated carbocycles. The second-order valence-corrected chi connectivity index (χ2v) is 4.10. The van der Waals surface area contributed by atoms with Crippen LogP contribution in [0.25, 0.3) is 0 Å². The molecule has 7 heteroatoms. The number of ether oxygens (including phenoxy) is 3. The number of nitrogens with zero attached hydrogens (tertiary/aromatic N) is 1. The maximum absolute atomic E-state index is 11.7. The monoisotopic (exact) mass is 274 g/mol. The number of hydrogen-bond donors (Lipinski definition) is 1. The highest BCUT2D eigenvalue weighted by Gasteiger charge is 2.28. The summed E-state index contributed by atoms with van der Waals surface area (Å²) < 4.78 is 15.3. The number of carbonyl (C=O) groups is 2. The van der Waals surface area contributed by atoms with Crippen molar-refractivity contribution in [1.82, 2.24) is 10.2 Å². The van der Waals surface area contributed by atoms with Crippen LogP contribution in [0.4, 0.5) is 0 Å². The van der Waals surface area contributed by atoms with Crippen LogP contribution in [0.2, 0.25) is 0 Å². The average molecular weight is 274 g/mol. The molecule has 1 N–H and O–H groups in total.